The molecule has 0 aliphatic rings. The highest BCUT2D eigenvalue weighted by Gasteiger charge is 2.20. The number of aromatic nitrogens is 1. The number of amides is 2. The average Bonchev–Trinajstić information content (AvgIpc) is 2.96. The third kappa shape index (κ3) is 5.10. The first-order valence-corrected chi connectivity index (χ1v) is 7.58. The van der Waals surface area contributed by atoms with Gasteiger partial charge in [0.05, 0.1) is 12.6 Å². The molecule has 2 rings (SSSR count). The van der Waals surface area contributed by atoms with E-state index < -0.39 is 6.03 Å². The quantitative estimate of drug-likeness (QED) is 0.791. The molecule has 0 radical (unpaired) electrons. The van der Waals surface area contributed by atoms with Crippen molar-refractivity contribution in [1.82, 2.24) is 10.5 Å². The molecule has 0 aliphatic carbocycles. The van der Waals surface area contributed by atoms with Crippen molar-refractivity contribution in [3.05, 3.63) is 47.7 Å². The Labute approximate surface area is 135 Å². The second kappa shape index (κ2) is 7.28. The van der Waals surface area contributed by atoms with Gasteiger partial charge in [0.15, 0.2) is 5.82 Å². The monoisotopic (exact) mass is 317 g/mol. The van der Waals surface area contributed by atoms with Crippen LogP contribution in [0.1, 0.15) is 32.1 Å². The second-order valence-electron chi connectivity index (χ2n) is 6.49. The maximum Gasteiger partial charge on any atom is 0.320 e. The van der Waals surface area contributed by atoms with Gasteiger partial charge in [-0.3, -0.25) is 5.32 Å². The van der Waals surface area contributed by atoms with E-state index in [2.05, 4.69) is 15.8 Å². The molecule has 0 aliphatic heterocycles. The van der Waals surface area contributed by atoms with E-state index in [0.29, 0.717) is 18.0 Å². The van der Waals surface area contributed by atoms with Crippen molar-refractivity contribution >= 4 is 11.8 Å². The topological polar surface area (TPSA) is 87.4 Å². The Kier molecular flexibility index (Phi) is 5.39. The van der Waals surface area contributed by atoms with Crippen LogP contribution in [0.5, 0.6) is 0 Å². The second-order valence-corrected chi connectivity index (χ2v) is 6.49. The lowest BCUT2D eigenvalue weighted by Gasteiger charge is -2.16. The summed E-state index contributed by atoms with van der Waals surface area (Å²) < 4.78 is 5.22. The van der Waals surface area contributed by atoms with Crippen LogP contribution in [0, 0.1) is 0 Å². The van der Waals surface area contributed by atoms with Gasteiger partial charge in [0, 0.05) is 11.5 Å². The van der Waals surface area contributed by atoms with Crippen molar-refractivity contribution in [2.45, 2.75) is 38.6 Å². The Bertz CT molecular complexity index is 632. The van der Waals surface area contributed by atoms with Crippen molar-refractivity contribution in [2.75, 3.05) is 11.9 Å². The third-order valence-electron chi connectivity index (χ3n) is 3.37. The van der Waals surface area contributed by atoms with Crippen molar-refractivity contribution in [3.63, 3.8) is 0 Å². The number of rotatable bonds is 5. The van der Waals surface area contributed by atoms with E-state index in [0.717, 1.165) is 5.56 Å². The molecule has 6 heteroatoms. The number of urea groups is 1. The van der Waals surface area contributed by atoms with Gasteiger partial charge in [-0.2, -0.15) is 0 Å². The molecule has 1 aromatic heterocycles. The molecule has 23 heavy (non-hydrogen) atoms. The standard InChI is InChI=1S/C17H23N3O3/c1-17(2,3)14-10-15(20-23-14)19-16(22)18-13(11-21)9-12-7-5-4-6-8-12/h4-8,10,13,21H,9,11H2,1-3H3,(H2,18,19,20,22)/t13-/m1/s1. The molecular weight excluding hydrogens is 294 g/mol. The minimum absolute atomic E-state index is 0.144. The van der Waals surface area contributed by atoms with E-state index >= 15 is 0 Å². The first kappa shape index (κ1) is 17.0. The van der Waals surface area contributed by atoms with Crippen LogP contribution in [-0.4, -0.2) is 28.9 Å². The molecule has 3 N–H and O–H groups in total. The van der Waals surface area contributed by atoms with Crippen LogP contribution in [0.15, 0.2) is 40.9 Å². The fourth-order valence-corrected chi connectivity index (χ4v) is 2.09. The van der Waals surface area contributed by atoms with Crippen molar-refractivity contribution in [1.29, 1.82) is 0 Å². The van der Waals surface area contributed by atoms with E-state index in [1.54, 1.807) is 6.07 Å². The Hall–Kier alpha value is -2.34. The fourth-order valence-electron chi connectivity index (χ4n) is 2.09. The predicted octanol–water partition coefficient (Wildman–Crippen LogP) is 2.70. The highest BCUT2D eigenvalue weighted by molar-refractivity contribution is 5.88. The van der Waals surface area contributed by atoms with Gasteiger partial charge >= 0.3 is 6.03 Å². The number of nitrogens with one attached hydrogen (secondary N) is 2. The first-order chi connectivity index (χ1) is 10.9. The van der Waals surface area contributed by atoms with Crippen molar-refractivity contribution < 1.29 is 14.4 Å². The minimum atomic E-state index is -0.422. The molecule has 0 spiro atoms. The van der Waals surface area contributed by atoms with Crippen LogP contribution in [-0.2, 0) is 11.8 Å². The highest BCUT2D eigenvalue weighted by Crippen LogP contribution is 2.24. The summed E-state index contributed by atoms with van der Waals surface area (Å²) in [6.45, 7) is 5.85. The summed E-state index contributed by atoms with van der Waals surface area (Å²) >= 11 is 0. The molecular formula is C17H23N3O3. The number of aliphatic hydroxyl groups is 1. The summed E-state index contributed by atoms with van der Waals surface area (Å²) in [5.74, 6) is 1.04. The van der Waals surface area contributed by atoms with E-state index in [1.807, 2.05) is 51.1 Å². The molecule has 0 saturated carbocycles. The molecule has 0 unspecified atom stereocenters. The smallest absolute Gasteiger partial charge is 0.320 e. The van der Waals surface area contributed by atoms with Crippen LogP contribution in [0.3, 0.4) is 0 Å². The molecule has 6 nitrogen and oxygen atoms in total. The summed E-state index contributed by atoms with van der Waals surface area (Å²) in [4.78, 5) is 12.0. The van der Waals surface area contributed by atoms with E-state index in [1.165, 1.54) is 0 Å². The Balaban J connectivity index is 1.91. The number of hydrogen-bond donors (Lipinski definition) is 3. The van der Waals surface area contributed by atoms with Crippen molar-refractivity contribution in [2.24, 2.45) is 0 Å². The number of hydrogen-bond acceptors (Lipinski definition) is 4. The number of anilines is 1. The van der Waals surface area contributed by atoms with Gasteiger partial charge in [-0.15, -0.1) is 0 Å². The van der Waals surface area contributed by atoms with Gasteiger partial charge in [-0.1, -0.05) is 56.3 Å². The van der Waals surface area contributed by atoms with Crippen LogP contribution in [0.25, 0.3) is 0 Å². The zero-order chi connectivity index (χ0) is 16.9. The predicted molar refractivity (Wildman–Crippen MR) is 88.4 cm³/mol. The number of carbonyl (C=O) groups is 1. The van der Waals surface area contributed by atoms with E-state index in [9.17, 15) is 9.90 Å². The van der Waals surface area contributed by atoms with Crippen molar-refractivity contribution in [3.8, 4) is 0 Å². The van der Waals surface area contributed by atoms with Gasteiger partial charge in [0.2, 0.25) is 0 Å². The van der Waals surface area contributed by atoms with Gasteiger partial charge in [0.1, 0.15) is 5.76 Å². The molecule has 2 aromatic rings. The molecule has 1 aromatic carbocycles. The number of nitrogens with zero attached hydrogens (tertiary/aromatic N) is 1. The largest absolute Gasteiger partial charge is 0.394 e. The number of aliphatic hydroxyl groups excluding tert-OH is 1. The molecule has 1 atom stereocenters. The molecule has 0 saturated heterocycles. The summed E-state index contributed by atoms with van der Waals surface area (Å²) in [5, 5.41) is 18.6. The summed E-state index contributed by atoms with van der Waals surface area (Å²) in [5.41, 5.74) is 0.868. The highest BCUT2D eigenvalue weighted by atomic mass is 16.5. The molecule has 1 heterocycles. The lowest BCUT2D eigenvalue weighted by Crippen LogP contribution is -2.41. The van der Waals surface area contributed by atoms with Crippen LogP contribution in [0.2, 0.25) is 0 Å². The maximum absolute atomic E-state index is 12.0. The van der Waals surface area contributed by atoms with Gasteiger partial charge in [-0.25, -0.2) is 4.79 Å². The number of carbonyl (C=O) groups excluding carboxylic acids is 1. The first-order valence-electron chi connectivity index (χ1n) is 7.58. The Morgan fingerprint density at radius 3 is 2.57 bits per heavy atom. The summed E-state index contributed by atoms with van der Waals surface area (Å²) in [7, 11) is 0. The summed E-state index contributed by atoms with van der Waals surface area (Å²) in [6.07, 6.45) is 0.552. The van der Waals surface area contributed by atoms with Crippen LogP contribution in [0.4, 0.5) is 10.6 Å². The van der Waals surface area contributed by atoms with Gasteiger partial charge in [0.25, 0.3) is 0 Å². The molecule has 124 valence electrons. The minimum Gasteiger partial charge on any atom is -0.394 e. The molecule has 0 bridgehead atoms. The third-order valence-corrected chi connectivity index (χ3v) is 3.37. The zero-order valence-corrected chi connectivity index (χ0v) is 13.7. The molecule has 2 amide bonds. The Morgan fingerprint density at radius 1 is 1.30 bits per heavy atom. The average molecular weight is 317 g/mol. The van der Waals surface area contributed by atoms with Crippen LogP contribution < -0.4 is 10.6 Å². The van der Waals surface area contributed by atoms with Crippen LogP contribution >= 0.6 is 0 Å². The fraction of sp³-hybridized carbons (Fsp3) is 0.412. The van der Waals surface area contributed by atoms with E-state index in [4.69, 9.17) is 4.52 Å². The summed E-state index contributed by atoms with van der Waals surface area (Å²) in [6, 6.07) is 10.6. The normalized spacial score (nSPS) is 12.7. The van der Waals surface area contributed by atoms with E-state index in [-0.39, 0.29) is 18.1 Å². The lowest BCUT2D eigenvalue weighted by molar-refractivity contribution is 0.224. The zero-order valence-electron chi connectivity index (χ0n) is 13.7. The number of benzene rings is 1. The van der Waals surface area contributed by atoms with Gasteiger partial charge in [-0.05, 0) is 12.0 Å². The SMILES string of the molecule is CC(C)(C)c1cc(NC(=O)N[C@@H](CO)Cc2ccccc2)no1. The molecule has 0 fully saturated rings. The Morgan fingerprint density at radius 2 is 2.00 bits per heavy atom. The van der Waals surface area contributed by atoms with Gasteiger partial charge < -0.3 is 14.9 Å². The lowest BCUT2D eigenvalue weighted by atomic mass is 9.93. The maximum atomic E-state index is 12.0.